The second kappa shape index (κ2) is 7.38. The number of aromatic nitrogens is 4. The van der Waals surface area contributed by atoms with E-state index in [1.165, 1.54) is 0 Å². The molecule has 0 unspecified atom stereocenters. The summed E-state index contributed by atoms with van der Waals surface area (Å²) in [6.45, 7) is 0.559. The van der Waals surface area contributed by atoms with Gasteiger partial charge in [0, 0.05) is 11.2 Å². The number of nitrogens with one attached hydrogen (secondary N) is 2. The smallest absolute Gasteiger partial charge is 0.278 e. The van der Waals surface area contributed by atoms with E-state index in [0.29, 0.717) is 30.9 Å². The van der Waals surface area contributed by atoms with Crippen molar-refractivity contribution in [3.63, 3.8) is 0 Å². The minimum absolute atomic E-state index is 0.237. The Morgan fingerprint density at radius 1 is 1.25 bits per heavy atom. The number of carbonyl (C=O) groups excluding carboxylic acids is 1. The van der Waals surface area contributed by atoms with Gasteiger partial charge in [-0.2, -0.15) is 10.2 Å². The molecule has 0 aliphatic rings. The van der Waals surface area contributed by atoms with Crippen LogP contribution in [0.25, 0.3) is 0 Å². The third-order valence-electron chi connectivity index (χ3n) is 3.09. The van der Waals surface area contributed by atoms with Crippen molar-refractivity contribution in [3.05, 3.63) is 60.3 Å². The summed E-state index contributed by atoms with van der Waals surface area (Å²) in [5, 5.41) is 14.4. The van der Waals surface area contributed by atoms with E-state index >= 15 is 0 Å². The molecule has 0 saturated heterocycles. The van der Waals surface area contributed by atoms with Gasteiger partial charge in [0.2, 0.25) is 0 Å². The average molecular weight is 538 g/mol. The summed E-state index contributed by atoms with van der Waals surface area (Å²) in [7, 11) is 0. The first-order valence-electron chi connectivity index (χ1n) is 6.62. The minimum Gasteiger partial charge on any atom is -0.303 e. The monoisotopic (exact) mass is 535 g/mol. The lowest BCUT2D eigenvalue weighted by Gasteiger charge is -2.02. The van der Waals surface area contributed by atoms with E-state index in [0.717, 1.165) is 5.56 Å². The maximum atomic E-state index is 12.3. The fourth-order valence-corrected chi connectivity index (χ4v) is 3.14. The van der Waals surface area contributed by atoms with Crippen LogP contribution in [0.2, 0.25) is 5.02 Å². The van der Waals surface area contributed by atoms with Crippen LogP contribution in [0, 0.1) is 0 Å². The molecule has 0 bridgehead atoms. The summed E-state index contributed by atoms with van der Waals surface area (Å²) in [6.07, 6.45) is 1.79. The molecule has 0 fully saturated rings. The third kappa shape index (κ3) is 3.90. The number of H-pyrrole nitrogens is 1. The zero-order valence-electron chi connectivity index (χ0n) is 11.9. The van der Waals surface area contributed by atoms with Crippen molar-refractivity contribution >= 4 is 71.1 Å². The van der Waals surface area contributed by atoms with Gasteiger partial charge >= 0.3 is 0 Å². The third-order valence-corrected chi connectivity index (χ3v) is 5.80. The van der Waals surface area contributed by atoms with E-state index in [-0.39, 0.29) is 11.6 Å². The topological polar surface area (TPSA) is 75.6 Å². The molecule has 2 N–H and O–H groups in total. The summed E-state index contributed by atoms with van der Waals surface area (Å²) in [5.41, 5.74) is 1.28. The van der Waals surface area contributed by atoms with E-state index < -0.39 is 0 Å². The molecule has 10 heteroatoms. The predicted octanol–water partition coefficient (Wildman–Crippen LogP) is 4.85. The second-order valence-corrected chi connectivity index (χ2v) is 7.68. The first-order chi connectivity index (χ1) is 11.4. The Morgan fingerprint density at radius 3 is 2.58 bits per heavy atom. The lowest BCUT2D eigenvalue weighted by molar-refractivity contribution is 0.102. The number of aromatic amines is 1. The SMILES string of the molecule is O=C(Nc1nn(Cc2ccc(Cl)cc2)cc1Br)c1n[nH]c(Br)c1Br. The summed E-state index contributed by atoms with van der Waals surface area (Å²) in [5.74, 6) is 0.0428. The van der Waals surface area contributed by atoms with Crippen LogP contribution in [-0.2, 0) is 6.54 Å². The number of hydrogen-bond acceptors (Lipinski definition) is 3. The van der Waals surface area contributed by atoms with Gasteiger partial charge in [0.25, 0.3) is 5.91 Å². The Bertz CT molecular complexity index is 890. The number of rotatable bonds is 4. The van der Waals surface area contributed by atoms with Crippen molar-refractivity contribution in [1.82, 2.24) is 20.0 Å². The molecular weight excluding hydrogens is 529 g/mol. The zero-order valence-corrected chi connectivity index (χ0v) is 17.4. The lowest BCUT2D eigenvalue weighted by atomic mass is 10.2. The average Bonchev–Trinajstić information content (AvgIpc) is 3.05. The molecule has 0 aliphatic carbocycles. The van der Waals surface area contributed by atoms with Crippen molar-refractivity contribution < 1.29 is 4.79 Å². The number of halogens is 4. The van der Waals surface area contributed by atoms with Gasteiger partial charge in [0.15, 0.2) is 11.5 Å². The molecule has 24 heavy (non-hydrogen) atoms. The second-order valence-electron chi connectivity index (χ2n) is 4.80. The van der Waals surface area contributed by atoms with Gasteiger partial charge in [-0.15, -0.1) is 0 Å². The molecule has 0 spiro atoms. The molecule has 3 aromatic rings. The molecule has 1 aromatic carbocycles. The van der Waals surface area contributed by atoms with Gasteiger partial charge in [-0.25, -0.2) is 0 Å². The van der Waals surface area contributed by atoms with Gasteiger partial charge in [-0.05, 0) is 65.5 Å². The standard InChI is InChI=1S/C14H9Br3ClN5O/c15-9-6-23(5-7-1-3-8(18)4-2-7)22-13(9)19-14(24)11-10(16)12(17)21-20-11/h1-4,6H,5H2,(H,20,21)(H,19,22,24). The highest BCUT2D eigenvalue weighted by molar-refractivity contribution is 9.13. The molecule has 0 atom stereocenters. The number of carbonyl (C=O) groups is 1. The maximum Gasteiger partial charge on any atom is 0.278 e. The molecule has 0 saturated carbocycles. The van der Waals surface area contributed by atoms with E-state index in [4.69, 9.17) is 11.6 Å². The molecule has 1 amide bonds. The van der Waals surface area contributed by atoms with Gasteiger partial charge in [0.05, 0.1) is 15.5 Å². The van der Waals surface area contributed by atoms with Crippen molar-refractivity contribution in [3.8, 4) is 0 Å². The number of amides is 1. The van der Waals surface area contributed by atoms with Gasteiger partial charge in [0.1, 0.15) is 4.60 Å². The highest BCUT2D eigenvalue weighted by Crippen LogP contribution is 2.26. The van der Waals surface area contributed by atoms with Crippen LogP contribution in [0.3, 0.4) is 0 Å². The number of anilines is 1. The Hall–Kier alpha value is -1.16. The highest BCUT2D eigenvalue weighted by Gasteiger charge is 2.19. The summed E-state index contributed by atoms with van der Waals surface area (Å²) >= 11 is 15.8. The van der Waals surface area contributed by atoms with Crippen LogP contribution in [0.4, 0.5) is 5.82 Å². The number of benzene rings is 1. The van der Waals surface area contributed by atoms with Crippen LogP contribution in [0.1, 0.15) is 16.1 Å². The first kappa shape index (κ1) is 17.7. The van der Waals surface area contributed by atoms with E-state index in [2.05, 4.69) is 68.4 Å². The minimum atomic E-state index is -0.374. The van der Waals surface area contributed by atoms with E-state index in [9.17, 15) is 4.79 Å². The Balaban J connectivity index is 1.75. The molecule has 124 valence electrons. The van der Waals surface area contributed by atoms with Crippen LogP contribution in [0.15, 0.2) is 44.0 Å². The largest absolute Gasteiger partial charge is 0.303 e. The van der Waals surface area contributed by atoms with Crippen LogP contribution < -0.4 is 5.32 Å². The number of nitrogens with zero attached hydrogens (tertiary/aromatic N) is 3. The summed E-state index contributed by atoms with van der Waals surface area (Å²) < 4.78 is 3.55. The van der Waals surface area contributed by atoms with Gasteiger partial charge < -0.3 is 5.32 Å². The van der Waals surface area contributed by atoms with Gasteiger partial charge in [-0.1, -0.05) is 23.7 Å². The fourth-order valence-electron chi connectivity index (χ4n) is 1.96. The molecule has 2 aromatic heterocycles. The van der Waals surface area contributed by atoms with E-state index in [1.54, 1.807) is 10.9 Å². The van der Waals surface area contributed by atoms with Crippen molar-refractivity contribution in [2.45, 2.75) is 6.54 Å². The molecule has 0 radical (unpaired) electrons. The van der Waals surface area contributed by atoms with Crippen molar-refractivity contribution in [1.29, 1.82) is 0 Å². The number of hydrogen-bond donors (Lipinski definition) is 2. The Kier molecular flexibility index (Phi) is 5.43. The normalized spacial score (nSPS) is 10.8. The first-order valence-corrected chi connectivity index (χ1v) is 9.38. The van der Waals surface area contributed by atoms with Crippen molar-refractivity contribution in [2.24, 2.45) is 0 Å². The predicted molar refractivity (Wildman–Crippen MR) is 102 cm³/mol. The fraction of sp³-hybridized carbons (Fsp3) is 0.0714. The molecule has 0 aliphatic heterocycles. The Labute approximate surface area is 167 Å². The highest BCUT2D eigenvalue weighted by atomic mass is 79.9. The lowest BCUT2D eigenvalue weighted by Crippen LogP contribution is -2.14. The van der Waals surface area contributed by atoms with Crippen LogP contribution in [0.5, 0.6) is 0 Å². The van der Waals surface area contributed by atoms with Crippen LogP contribution >= 0.6 is 59.4 Å². The van der Waals surface area contributed by atoms with Crippen LogP contribution in [-0.4, -0.2) is 25.9 Å². The molecular formula is C14H9Br3ClN5O. The van der Waals surface area contributed by atoms with Gasteiger partial charge in [-0.3, -0.25) is 14.6 Å². The Morgan fingerprint density at radius 2 is 1.96 bits per heavy atom. The zero-order chi connectivity index (χ0) is 17.3. The van der Waals surface area contributed by atoms with Crippen molar-refractivity contribution in [2.75, 3.05) is 5.32 Å². The molecule has 3 rings (SSSR count). The van der Waals surface area contributed by atoms with E-state index in [1.807, 2.05) is 24.3 Å². The summed E-state index contributed by atoms with van der Waals surface area (Å²) in [4.78, 5) is 12.3. The maximum absolute atomic E-state index is 12.3. The summed E-state index contributed by atoms with van der Waals surface area (Å²) in [6, 6.07) is 7.50. The quantitative estimate of drug-likeness (QED) is 0.499. The molecule has 2 heterocycles. The molecule has 6 nitrogen and oxygen atoms in total.